The Kier molecular flexibility index (Phi) is 8.66. The standard InChI is InChI=1S/C46H39NS.2C2H6/c1-45(2)39-14-8-5-11-33(39)35-19-17-28(26-41(35)45)30-23-31(29-18-20-36-34-12-6-9-15-40(34)46(3,4)42(36)27-29)25-32(24-30)47-43-16-10-7-13-37(43)38-21-22-48-44(38)47;2*1-2/h5-9,11-15,17,19,21-27H,10,16,18,20H2,1-4H3;2*1-2H3. The molecule has 0 saturated carbocycles. The van der Waals surface area contributed by atoms with Gasteiger partial charge in [0.2, 0.25) is 0 Å². The van der Waals surface area contributed by atoms with Crippen molar-refractivity contribution in [3.63, 3.8) is 0 Å². The number of fused-ring (bicyclic) bond motifs is 8. The van der Waals surface area contributed by atoms with Crippen molar-refractivity contribution in [1.29, 1.82) is 0 Å². The quantitative estimate of drug-likeness (QED) is 0.173. The van der Waals surface area contributed by atoms with E-state index < -0.39 is 0 Å². The Balaban J connectivity index is 0.000000937. The lowest BCUT2D eigenvalue weighted by atomic mass is 9.78. The third-order valence-corrected chi connectivity index (χ3v) is 12.8. The Labute approximate surface area is 315 Å². The van der Waals surface area contributed by atoms with E-state index in [0.29, 0.717) is 0 Å². The van der Waals surface area contributed by atoms with E-state index in [1.807, 2.05) is 39.0 Å². The van der Waals surface area contributed by atoms with Crippen molar-refractivity contribution in [3.8, 4) is 27.9 Å². The highest BCUT2D eigenvalue weighted by molar-refractivity contribution is 7.16. The lowest BCUT2D eigenvalue weighted by Gasteiger charge is -2.26. The monoisotopic (exact) mass is 697 g/mol. The predicted octanol–water partition coefficient (Wildman–Crippen LogP) is 14.6. The summed E-state index contributed by atoms with van der Waals surface area (Å²) in [7, 11) is 0. The Morgan fingerprint density at radius 3 is 2.10 bits per heavy atom. The van der Waals surface area contributed by atoms with Gasteiger partial charge in [-0.25, -0.2) is 0 Å². The molecule has 0 N–H and O–H groups in total. The number of rotatable bonds is 3. The molecule has 0 unspecified atom stereocenters. The van der Waals surface area contributed by atoms with Gasteiger partial charge in [-0.15, -0.1) is 11.3 Å². The molecule has 0 saturated heterocycles. The summed E-state index contributed by atoms with van der Waals surface area (Å²) in [5.74, 6) is 0. The normalized spacial score (nSPS) is 16.8. The zero-order valence-electron chi connectivity index (χ0n) is 32.2. The summed E-state index contributed by atoms with van der Waals surface area (Å²) in [6.07, 6.45) is 11.6. The molecule has 1 nitrogen and oxygen atoms in total. The van der Waals surface area contributed by atoms with Gasteiger partial charge in [-0.05, 0) is 128 Å². The summed E-state index contributed by atoms with van der Waals surface area (Å²) in [6.45, 7) is 17.6. The van der Waals surface area contributed by atoms with Crippen LogP contribution in [0.15, 0.2) is 114 Å². The van der Waals surface area contributed by atoms with Crippen molar-refractivity contribution >= 4 is 38.8 Å². The molecule has 6 aromatic rings. The predicted molar refractivity (Wildman–Crippen MR) is 228 cm³/mol. The number of aromatic nitrogens is 1. The Morgan fingerprint density at radius 1 is 0.615 bits per heavy atom. The number of allylic oxidation sites excluding steroid dienone is 5. The number of benzene rings is 4. The molecule has 52 heavy (non-hydrogen) atoms. The smallest absolute Gasteiger partial charge is 0.108 e. The number of nitrogens with zero attached hydrogens (tertiary/aromatic N) is 1. The number of hydrogen-bond acceptors (Lipinski definition) is 1. The highest BCUT2D eigenvalue weighted by Gasteiger charge is 2.38. The van der Waals surface area contributed by atoms with E-state index in [4.69, 9.17) is 0 Å². The minimum Gasteiger partial charge on any atom is -0.305 e. The first kappa shape index (κ1) is 34.4. The van der Waals surface area contributed by atoms with Gasteiger partial charge in [0.25, 0.3) is 0 Å². The van der Waals surface area contributed by atoms with E-state index >= 15 is 0 Å². The summed E-state index contributed by atoms with van der Waals surface area (Å²) in [6, 6.07) is 35.0. The maximum Gasteiger partial charge on any atom is 0.108 e. The highest BCUT2D eigenvalue weighted by atomic mass is 32.1. The van der Waals surface area contributed by atoms with E-state index in [9.17, 15) is 0 Å². The molecule has 262 valence electrons. The molecule has 0 atom stereocenters. The van der Waals surface area contributed by atoms with Crippen molar-refractivity contribution in [2.24, 2.45) is 0 Å². The fraction of sp³-hybridized carbons (Fsp3) is 0.280. The molecule has 0 bridgehead atoms. The first-order chi connectivity index (χ1) is 25.3. The molecule has 2 aromatic heterocycles. The van der Waals surface area contributed by atoms with E-state index in [1.165, 1.54) is 88.4 Å². The lowest BCUT2D eigenvalue weighted by molar-refractivity contribution is 0.652. The molecular weight excluding hydrogens is 647 g/mol. The third kappa shape index (κ3) is 5.09. The molecule has 10 rings (SSSR count). The minimum absolute atomic E-state index is 0.00752. The fourth-order valence-electron chi connectivity index (χ4n) is 9.41. The van der Waals surface area contributed by atoms with Crippen molar-refractivity contribution in [2.45, 2.75) is 91.9 Å². The highest BCUT2D eigenvalue weighted by Crippen LogP contribution is 2.53. The van der Waals surface area contributed by atoms with Crippen LogP contribution in [0.4, 0.5) is 0 Å². The summed E-state index contributed by atoms with van der Waals surface area (Å²) in [4.78, 5) is 1.36. The van der Waals surface area contributed by atoms with E-state index in [2.05, 4.69) is 147 Å². The van der Waals surface area contributed by atoms with Gasteiger partial charge < -0.3 is 4.57 Å². The van der Waals surface area contributed by atoms with Gasteiger partial charge in [-0.3, -0.25) is 0 Å². The van der Waals surface area contributed by atoms with Gasteiger partial charge in [0.15, 0.2) is 0 Å². The van der Waals surface area contributed by atoms with Crippen molar-refractivity contribution in [2.75, 3.05) is 0 Å². The largest absolute Gasteiger partial charge is 0.305 e. The van der Waals surface area contributed by atoms with Gasteiger partial charge in [-0.1, -0.05) is 134 Å². The van der Waals surface area contributed by atoms with E-state index in [-0.39, 0.29) is 10.8 Å². The van der Waals surface area contributed by atoms with Crippen LogP contribution in [-0.2, 0) is 17.3 Å². The van der Waals surface area contributed by atoms with Gasteiger partial charge in [-0.2, -0.15) is 0 Å². The summed E-state index contributed by atoms with van der Waals surface area (Å²) < 4.78 is 2.59. The Hall–Kier alpha value is -4.66. The van der Waals surface area contributed by atoms with Crippen LogP contribution in [0.3, 0.4) is 0 Å². The molecule has 4 aliphatic rings. The van der Waals surface area contributed by atoms with Crippen molar-refractivity contribution < 1.29 is 0 Å². The number of hydrogen-bond donors (Lipinski definition) is 0. The van der Waals surface area contributed by atoms with Gasteiger partial charge in [0.1, 0.15) is 4.83 Å². The summed E-state index contributed by atoms with van der Waals surface area (Å²) in [5, 5.41) is 3.64. The van der Waals surface area contributed by atoms with Crippen molar-refractivity contribution in [1.82, 2.24) is 4.57 Å². The molecule has 0 spiro atoms. The second-order valence-corrected chi connectivity index (χ2v) is 16.1. The van der Waals surface area contributed by atoms with E-state index in [0.717, 1.165) is 25.7 Å². The SMILES string of the molecule is CC.CC.CC1(C)C2=C(CCC(c3cc(-c4ccc5c(c4)C(C)(C)c4ccccc4-5)cc(-n4c5c(c6ccsc64)C=CCC5)c3)=C2)c2ccccc21. The van der Waals surface area contributed by atoms with Gasteiger partial charge >= 0.3 is 0 Å². The molecule has 4 aliphatic carbocycles. The van der Waals surface area contributed by atoms with Gasteiger partial charge in [0, 0.05) is 33.2 Å². The van der Waals surface area contributed by atoms with Crippen LogP contribution in [0, 0.1) is 0 Å². The second kappa shape index (κ2) is 13.1. The maximum absolute atomic E-state index is 2.59. The van der Waals surface area contributed by atoms with Crippen LogP contribution >= 0.6 is 11.3 Å². The minimum atomic E-state index is -0.0326. The summed E-state index contributed by atoms with van der Waals surface area (Å²) >= 11 is 1.87. The first-order valence-electron chi connectivity index (χ1n) is 19.5. The molecule has 2 heterocycles. The zero-order valence-corrected chi connectivity index (χ0v) is 33.0. The molecular formula is C50H51NS. The average molecular weight is 698 g/mol. The van der Waals surface area contributed by atoms with Gasteiger partial charge in [0.05, 0.1) is 0 Å². The Bertz CT molecular complexity index is 2450. The summed E-state index contributed by atoms with van der Waals surface area (Å²) in [5.41, 5.74) is 21.1. The van der Waals surface area contributed by atoms with E-state index in [1.54, 1.807) is 5.57 Å². The molecule has 0 fully saturated rings. The first-order valence-corrected chi connectivity index (χ1v) is 20.4. The van der Waals surface area contributed by atoms with Crippen molar-refractivity contribution in [3.05, 3.63) is 153 Å². The van der Waals surface area contributed by atoms with Crippen LogP contribution in [0.25, 0.3) is 55.4 Å². The average Bonchev–Trinajstić information content (AvgIpc) is 3.91. The molecule has 0 amide bonds. The zero-order chi connectivity index (χ0) is 36.4. The van der Waals surface area contributed by atoms with Crippen LogP contribution in [0.5, 0.6) is 0 Å². The third-order valence-electron chi connectivity index (χ3n) is 11.9. The molecule has 0 aliphatic heterocycles. The molecule has 4 aromatic carbocycles. The topological polar surface area (TPSA) is 4.93 Å². The van der Waals surface area contributed by atoms with Crippen LogP contribution in [0.2, 0.25) is 0 Å². The molecule has 2 heteroatoms. The maximum atomic E-state index is 2.59. The van der Waals surface area contributed by atoms with Crippen LogP contribution < -0.4 is 0 Å². The number of thiophene rings is 1. The second-order valence-electron chi connectivity index (χ2n) is 15.2. The Morgan fingerprint density at radius 2 is 1.31 bits per heavy atom. The van der Waals surface area contributed by atoms with Crippen LogP contribution in [-0.4, -0.2) is 4.57 Å². The molecule has 0 radical (unpaired) electrons. The van der Waals surface area contributed by atoms with Crippen LogP contribution in [0.1, 0.15) is 114 Å². The fourth-order valence-corrected chi connectivity index (χ4v) is 10.4. The lowest BCUT2D eigenvalue weighted by Crippen LogP contribution is -2.17.